The zero-order chi connectivity index (χ0) is 15.1. The van der Waals surface area contributed by atoms with Crippen molar-refractivity contribution in [3.8, 4) is 0 Å². The van der Waals surface area contributed by atoms with Gasteiger partial charge in [-0.15, -0.1) is 0 Å². The molecule has 1 aromatic rings. The van der Waals surface area contributed by atoms with Crippen LogP contribution in [0, 0.1) is 6.92 Å². The number of nitrogens with zero attached hydrogens (tertiary/aromatic N) is 1. The van der Waals surface area contributed by atoms with E-state index in [1.54, 1.807) is 0 Å². The summed E-state index contributed by atoms with van der Waals surface area (Å²) in [6.07, 6.45) is 4.66. The molecule has 1 atom stereocenters. The molecule has 114 valence electrons. The van der Waals surface area contributed by atoms with Crippen LogP contribution in [-0.2, 0) is 16.0 Å². The van der Waals surface area contributed by atoms with Gasteiger partial charge in [0.25, 0.3) is 0 Å². The molecule has 2 rings (SSSR count). The summed E-state index contributed by atoms with van der Waals surface area (Å²) in [4.78, 5) is 24.9. The normalized spacial score (nSPS) is 16.0. The van der Waals surface area contributed by atoms with Gasteiger partial charge in [0.1, 0.15) is 6.29 Å². The Morgan fingerprint density at radius 1 is 1.29 bits per heavy atom. The maximum Gasteiger partial charge on any atom is 0.236 e. The molecule has 1 N–H and O–H groups in total. The van der Waals surface area contributed by atoms with Gasteiger partial charge in [0.15, 0.2) is 0 Å². The van der Waals surface area contributed by atoms with E-state index in [-0.39, 0.29) is 18.5 Å². The van der Waals surface area contributed by atoms with Gasteiger partial charge in [0, 0.05) is 13.1 Å². The van der Waals surface area contributed by atoms with Gasteiger partial charge in [-0.05, 0) is 38.2 Å². The minimum atomic E-state index is -0.252. The molecular weight excluding hydrogens is 264 g/mol. The highest BCUT2D eigenvalue weighted by Crippen LogP contribution is 2.08. The highest BCUT2D eigenvalue weighted by Gasteiger charge is 2.18. The molecule has 4 heteroatoms. The Morgan fingerprint density at radius 3 is 2.57 bits per heavy atom. The van der Waals surface area contributed by atoms with Crippen molar-refractivity contribution in [3.63, 3.8) is 0 Å². The molecule has 0 radical (unpaired) electrons. The number of rotatable bonds is 7. The predicted octanol–water partition coefficient (Wildman–Crippen LogP) is 1.71. The summed E-state index contributed by atoms with van der Waals surface area (Å²) in [6.45, 7) is 4.03. The van der Waals surface area contributed by atoms with Crippen molar-refractivity contribution >= 4 is 12.2 Å². The highest BCUT2D eigenvalue weighted by molar-refractivity contribution is 5.79. The second-order valence-electron chi connectivity index (χ2n) is 5.74. The Balaban J connectivity index is 1.73. The molecular formula is C17H24N2O2. The van der Waals surface area contributed by atoms with Gasteiger partial charge in [-0.1, -0.05) is 29.8 Å². The number of likely N-dealkylation sites (tertiary alicyclic amines) is 1. The van der Waals surface area contributed by atoms with E-state index >= 15 is 0 Å². The molecule has 1 aliphatic rings. The first-order valence-corrected chi connectivity index (χ1v) is 7.71. The van der Waals surface area contributed by atoms with Crippen molar-refractivity contribution < 1.29 is 9.59 Å². The lowest BCUT2D eigenvalue weighted by Gasteiger charge is -2.18. The van der Waals surface area contributed by atoms with Crippen molar-refractivity contribution in [1.82, 2.24) is 10.2 Å². The largest absolute Gasteiger partial charge is 0.342 e. The van der Waals surface area contributed by atoms with Gasteiger partial charge in [0.05, 0.1) is 12.6 Å². The average Bonchev–Trinajstić information content (AvgIpc) is 3.03. The SMILES string of the molecule is Cc1ccc(CCC(C=O)NCC(=O)N2CCCC2)cc1. The Kier molecular flexibility index (Phi) is 5.93. The Morgan fingerprint density at radius 2 is 1.95 bits per heavy atom. The van der Waals surface area contributed by atoms with E-state index in [9.17, 15) is 9.59 Å². The molecule has 0 aromatic heterocycles. The molecule has 1 unspecified atom stereocenters. The van der Waals surface area contributed by atoms with Crippen molar-refractivity contribution in [3.05, 3.63) is 35.4 Å². The van der Waals surface area contributed by atoms with Gasteiger partial charge in [-0.25, -0.2) is 0 Å². The Labute approximate surface area is 126 Å². The van der Waals surface area contributed by atoms with E-state index in [0.29, 0.717) is 0 Å². The monoisotopic (exact) mass is 288 g/mol. The molecule has 1 aliphatic heterocycles. The summed E-state index contributed by atoms with van der Waals surface area (Å²) in [5.74, 6) is 0.106. The Bertz CT molecular complexity index is 464. The Hall–Kier alpha value is -1.68. The molecule has 21 heavy (non-hydrogen) atoms. The van der Waals surface area contributed by atoms with Crippen LogP contribution in [0.2, 0.25) is 0 Å². The summed E-state index contributed by atoms with van der Waals surface area (Å²) in [6, 6.07) is 8.09. The van der Waals surface area contributed by atoms with Crippen molar-refractivity contribution in [1.29, 1.82) is 0 Å². The standard InChI is InChI=1S/C17H24N2O2/c1-14-4-6-15(7-5-14)8-9-16(13-20)18-12-17(21)19-10-2-3-11-19/h4-7,13,16,18H,2-3,8-12H2,1H3. The fourth-order valence-corrected chi connectivity index (χ4v) is 2.59. The van der Waals surface area contributed by atoms with E-state index in [0.717, 1.165) is 45.1 Å². The molecule has 1 aromatic carbocycles. The van der Waals surface area contributed by atoms with Gasteiger partial charge in [0.2, 0.25) is 5.91 Å². The van der Waals surface area contributed by atoms with Gasteiger partial charge < -0.3 is 9.69 Å². The molecule has 1 amide bonds. The van der Waals surface area contributed by atoms with Crippen molar-refractivity contribution in [2.75, 3.05) is 19.6 Å². The molecule has 0 aliphatic carbocycles. The highest BCUT2D eigenvalue weighted by atomic mass is 16.2. The number of hydrogen-bond acceptors (Lipinski definition) is 3. The maximum absolute atomic E-state index is 11.9. The number of benzene rings is 1. The van der Waals surface area contributed by atoms with Crippen LogP contribution in [0.3, 0.4) is 0 Å². The van der Waals surface area contributed by atoms with E-state index in [2.05, 4.69) is 36.5 Å². The quantitative estimate of drug-likeness (QED) is 0.777. The number of nitrogens with one attached hydrogen (secondary N) is 1. The summed E-state index contributed by atoms with van der Waals surface area (Å²) >= 11 is 0. The van der Waals surface area contributed by atoms with Crippen LogP contribution in [0.25, 0.3) is 0 Å². The number of aryl methyl sites for hydroxylation is 2. The van der Waals surface area contributed by atoms with Crippen LogP contribution >= 0.6 is 0 Å². The number of aldehydes is 1. The molecule has 0 bridgehead atoms. The van der Waals surface area contributed by atoms with Crippen molar-refractivity contribution in [2.45, 2.75) is 38.6 Å². The van der Waals surface area contributed by atoms with Gasteiger partial charge in [-0.2, -0.15) is 0 Å². The molecule has 4 nitrogen and oxygen atoms in total. The third kappa shape index (κ3) is 4.97. The predicted molar refractivity (Wildman–Crippen MR) is 83.2 cm³/mol. The van der Waals surface area contributed by atoms with Crippen molar-refractivity contribution in [2.24, 2.45) is 0 Å². The second-order valence-corrected chi connectivity index (χ2v) is 5.74. The third-order valence-corrected chi connectivity index (χ3v) is 4.00. The van der Waals surface area contributed by atoms with E-state index in [1.165, 1.54) is 11.1 Å². The zero-order valence-electron chi connectivity index (χ0n) is 12.7. The topological polar surface area (TPSA) is 49.4 Å². The van der Waals surface area contributed by atoms with Crippen LogP contribution in [0.15, 0.2) is 24.3 Å². The molecule has 0 spiro atoms. The lowest BCUT2D eigenvalue weighted by Crippen LogP contribution is -2.41. The summed E-state index contributed by atoms with van der Waals surface area (Å²) in [5, 5.41) is 3.07. The molecule has 1 heterocycles. The number of carbonyl (C=O) groups is 2. The second kappa shape index (κ2) is 7.93. The fraction of sp³-hybridized carbons (Fsp3) is 0.529. The van der Waals surface area contributed by atoms with Crippen LogP contribution in [-0.4, -0.2) is 42.8 Å². The number of carbonyl (C=O) groups excluding carboxylic acids is 2. The smallest absolute Gasteiger partial charge is 0.236 e. The first-order chi connectivity index (χ1) is 10.2. The maximum atomic E-state index is 11.9. The van der Waals surface area contributed by atoms with E-state index in [1.807, 2.05) is 4.90 Å². The number of hydrogen-bond donors (Lipinski definition) is 1. The van der Waals surface area contributed by atoms with Gasteiger partial charge in [-0.3, -0.25) is 10.1 Å². The van der Waals surface area contributed by atoms with Crippen LogP contribution < -0.4 is 5.32 Å². The van der Waals surface area contributed by atoms with Crippen LogP contribution in [0.4, 0.5) is 0 Å². The van der Waals surface area contributed by atoms with E-state index in [4.69, 9.17) is 0 Å². The van der Waals surface area contributed by atoms with E-state index < -0.39 is 0 Å². The first-order valence-electron chi connectivity index (χ1n) is 7.71. The number of amides is 1. The third-order valence-electron chi connectivity index (χ3n) is 4.00. The average molecular weight is 288 g/mol. The first kappa shape index (κ1) is 15.7. The lowest BCUT2D eigenvalue weighted by molar-refractivity contribution is -0.129. The molecule has 1 saturated heterocycles. The summed E-state index contributed by atoms with van der Waals surface area (Å²) < 4.78 is 0. The lowest BCUT2D eigenvalue weighted by atomic mass is 10.0. The molecule has 0 saturated carbocycles. The van der Waals surface area contributed by atoms with Gasteiger partial charge >= 0.3 is 0 Å². The minimum absolute atomic E-state index is 0.106. The molecule has 1 fully saturated rings. The zero-order valence-corrected chi connectivity index (χ0v) is 12.7. The summed E-state index contributed by atoms with van der Waals surface area (Å²) in [7, 11) is 0. The van der Waals surface area contributed by atoms with Crippen LogP contribution in [0.1, 0.15) is 30.4 Å². The fourth-order valence-electron chi connectivity index (χ4n) is 2.59. The summed E-state index contributed by atoms with van der Waals surface area (Å²) in [5.41, 5.74) is 2.46. The van der Waals surface area contributed by atoms with Crippen LogP contribution in [0.5, 0.6) is 0 Å². The minimum Gasteiger partial charge on any atom is -0.342 e.